The number of pyridine rings is 1. The van der Waals surface area contributed by atoms with Crippen LogP contribution in [0.2, 0.25) is 0 Å². The molecule has 1 aromatic carbocycles. The minimum absolute atomic E-state index is 0.770. The standard InChI is InChI=1S/C17H15N5S/c1-21(2)14-5-3-4-12(8-14)13-6-7-16-19-20-17(22(16)9-13)15-10-23-11-18-15/h3-11H,1-2H3. The van der Waals surface area contributed by atoms with E-state index < -0.39 is 0 Å². The molecule has 114 valence electrons. The van der Waals surface area contributed by atoms with Crippen molar-refractivity contribution in [2.45, 2.75) is 0 Å². The van der Waals surface area contributed by atoms with Gasteiger partial charge in [0.25, 0.3) is 0 Å². The molecule has 23 heavy (non-hydrogen) atoms. The van der Waals surface area contributed by atoms with Gasteiger partial charge in [0.15, 0.2) is 11.5 Å². The van der Waals surface area contributed by atoms with E-state index >= 15 is 0 Å². The van der Waals surface area contributed by atoms with E-state index in [4.69, 9.17) is 0 Å². The molecule has 4 aromatic rings. The quantitative estimate of drug-likeness (QED) is 0.578. The lowest BCUT2D eigenvalue weighted by Gasteiger charge is -2.13. The fourth-order valence-electron chi connectivity index (χ4n) is 2.52. The van der Waals surface area contributed by atoms with E-state index in [9.17, 15) is 0 Å². The largest absolute Gasteiger partial charge is 0.378 e. The van der Waals surface area contributed by atoms with Crippen LogP contribution in [0, 0.1) is 0 Å². The van der Waals surface area contributed by atoms with Gasteiger partial charge in [0.1, 0.15) is 5.69 Å². The lowest BCUT2D eigenvalue weighted by atomic mass is 10.1. The molecule has 3 heterocycles. The third kappa shape index (κ3) is 2.47. The van der Waals surface area contributed by atoms with Gasteiger partial charge in [-0.05, 0) is 35.4 Å². The molecule has 0 fully saturated rings. The van der Waals surface area contributed by atoms with Gasteiger partial charge in [-0.15, -0.1) is 21.5 Å². The minimum atomic E-state index is 0.770. The van der Waals surface area contributed by atoms with Crippen molar-refractivity contribution in [2.75, 3.05) is 19.0 Å². The molecule has 4 rings (SSSR count). The number of thiazole rings is 1. The van der Waals surface area contributed by atoms with Gasteiger partial charge >= 0.3 is 0 Å². The summed E-state index contributed by atoms with van der Waals surface area (Å²) in [6.07, 6.45) is 2.07. The summed E-state index contributed by atoms with van der Waals surface area (Å²) in [7, 11) is 4.09. The first-order valence-corrected chi connectivity index (χ1v) is 8.18. The number of hydrogen-bond donors (Lipinski definition) is 0. The summed E-state index contributed by atoms with van der Waals surface area (Å²) in [4.78, 5) is 6.44. The summed E-state index contributed by atoms with van der Waals surface area (Å²) in [5.74, 6) is 0.770. The third-order valence-corrected chi connectivity index (χ3v) is 4.35. The molecule has 0 aliphatic carbocycles. The Labute approximate surface area is 137 Å². The molecular weight excluding hydrogens is 306 g/mol. The van der Waals surface area contributed by atoms with Crippen molar-refractivity contribution >= 4 is 22.7 Å². The van der Waals surface area contributed by atoms with E-state index in [1.807, 2.05) is 29.9 Å². The lowest BCUT2D eigenvalue weighted by molar-refractivity contribution is 1.10. The zero-order chi connectivity index (χ0) is 15.8. The average molecular weight is 321 g/mol. The van der Waals surface area contributed by atoms with Crippen LogP contribution in [0.5, 0.6) is 0 Å². The maximum atomic E-state index is 4.34. The third-order valence-electron chi connectivity index (χ3n) is 3.76. The second kappa shape index (κ2) is 5.48. The Kier molecular flexibility index (Phi) is 3.31. The van der Waals surface area contributed by atoms with E-state index in [0.29, 0.717) is 0 Å². The van der Waals surface area contributed by atoms with Crippen molar-refractivity contribution in [1.82, 2.24) is 19.6 Å². The van der Waals surface area contributed by atoms with Gasteiger partial charge in [-0.25, -0.2) is 4.98 Å². The predicted octanol–water partition coefficient (Wildman–Crippen LogP) is 3.59. The van der Waals surface area contributed by atoms with Crippen LogP contribution in [0.15, 0.2) is 53.5 Å². The zero-order valence-corrected chi connectivity index (χ0v) is 13.7. The van der Waals surface area contributed by atoms with Gasteiger partial charge in [0.2, 0.25) is 0 Å². The van der Waals surface area contributed by atoms with Crippen molar-refractivity contribution < 1.29 is 0 Å². The summed E-state index contributed by atoms with van der Waals surface area (Å²) in [6, 6.07) is 12.5. The summed E-state index contributed by atoms with van der Waals surface area (Å²) in [5, 5.41) is 10.5. The van der Waals surface area contributed by atoms with Crippen molar-refractivity contribution in [3.8, 4) is 22.6 Å². The Bertz CT molecular complexity index is 956. The van der Waals surface area contributed by atoms with Crippen molar-refractivity contribution in [3.63, 3.8) is 0 Å². The van der Waals surface area contributed by atoms with Crippen molar-refractivity contribution in [3.05, 3.63) is 53.5 Å². The molecule has 5 nitrogen and oxygen atoms in total. The number of aromatic nitrogens is 4. The maximum absolute atomic E-state index is 4.34. The van der Waals surface area contributed by atoms with Crippen molar-refractivity contribution in [1.29, 1.82) is 0 Å². The molecular formula is C17H15N5S. The Hall–Kier alpha value is -2.73. The highest BCUT2D eigenvalue weighted by Gasteiger charge is 2.11. The summed E-state index contributed by atoms with van der Waals surface area (Å²) in [6.45, 7) is 0. The predicted molar refractivity (Wildman–Crippen MR) is 93.9 cm³/mol. The fourth-order valence-corrected chi connectivity index (χ4v) is 3.05. The van der Waals surface area contributed by atoms with E-state index in [0.717, 1.165) is 28.3 Å². The second-order valence-electron chi connectivity index (χ2n) is 5.49. The molecule has 0 bridgehead atoms. The van der Waals surface area contributed by atoms with Crippen LogP contribution in [-0.4, -0.2) is 33.7 Å². The first-order valence-electron chi connectivity index (χ1n) is 7.23. The first-order chi connectivity index (χ1) is 11.2. The Morgan fingerprint density at radius 1 is 1.04 bits per heavy atom. The molecule has 0 unspecified atom stereocenters. The van der Waals surface area contributed by atoms with Gasteiger partial charge in [-0.1, -0.05) is 12.1 Å². The molecule has 0 saturated carbocycles. The fraction of sp³-hybridized carbons (Fsp3) is 0.118. The number of nitrogens with zero attached hydrogens (tertiary/aromatic N) is 5. The van der Waals surface area contributed by atoms with Gasteiger partial charge in [-0.2, -0.15) is 0 Å². The molecule has 0 aliphatic rings. The number of anilines is 1. The van der Waals surface area contributed by atoms with Crippen molar-refractivity contribution in [2.24, 2.45) is 0 Å². The molecule has 0 aliphatic heterocycles. The molecule has 0 atom stereocenters. The van der Waals surface area contributed by atoms with Gasteiger partial charge in [0.05, 0.1) is 5.51 Å². The molecule has 6 heteroatoms. The number of hydrogen-bond acceptors (Lipinski definition) is 5. The number of benzene rings is 1. The summed E-state index contributed by atoms with van der Waals surface area (Å²) in [5.41, 5.74) is 6.93. The lowest BCUT2D eigenvalue weighted by Crippen LogP contribution is -2.08. The van der Waals surface area contributed by atoms with Gasteiger partial charge in [0, 0.05) is 31.4 Å². The van der Waals surface area contributed by atoms with Crippen LogP contribution < -0.4 is 4.90 Å². The minimum Gasteiger partial charge on any atom is -0.378 e. The van der Waals surface area contributed by atoms with Crippen LogP contribution >= 0.6 is 11.3 Å². The summed E-state index contributed by atoms with van der Waals surface area (Å²) < 4.78 is 1.99. The smallest absolute Gasteiger partial charge is 0.187 e. The van der Waals surface area contributed by atoms with E-state index in [1.165, 1.54) is 5.69 Å². The van der Waals surface area contributed by atoms with E-state index in [1.54, 1.807) is 16.8 Å². The van der Waals surface area contributed by atoms with E-state index in [-0.39, 0.29) is 0 Å². The molecule has 0 radical (unpaired) electrons. The number of rotatable bonds is 3. The van der Waals surface area contributed by atoms with Crippen LogP contribution in [0.1, 0.15) is 0 Å². The SMILES string of the molecule is CN(C)c1cccc(-c2ccc3nnc(-c4cscn4)n3c2)c1. The second-order valence-corrected chi connectivity index (χ2v) is 6.21. The Morgan fingerprint density at radius 3 is 2.74 bits per heavy atom. The highest BCUT2D eigenvalue weighted by molar-refractivity contribution is 7.07. The average Bonchev–Trinajstić information content (AvgIpc) is 3.23. The van der Waals surface area contributed by atoms with Gasteiger partial charge in [-0.3, -0.25) is 4.40 Å². The molecule has 0 amide bonds. The summed E-state index contributed by atoms with van der Waals surface area (Å²) >= 11 is 1.55. The molecule has 0 saturated heterocycles. The van der Waals surface area contributed by atoms with Crippen LogP contribution in [-0.2, 0) is 0 Å². The first kappa shape index (κ1) is 13.9. The van der Waals surface area contributed by atoms with Crippen LogP contribution in [0.3, 0.4) is 0 Å². The molecule has 3 aromatic heterocycles. The topological polar surface area (TPSA) is 46.3 Å². The monoisotopic (exact) mass is 321 g/mol. The van der Waals surface area contributed by atoms with Gasteiger partial charge < -0.3 is 4.90 Å². The van der Waals surface area contributed by atoms with E-state index in [2.05, 4.69) is 56.6 Å². The number of fused-ring (bicyclic) bond motifs is 1. The Balaban J connectivity index is 1.85. The normalized spacial score (nSPS) is 11.0. The van der Waals surface area contributed by atoms with Crippen LogP contribution in [0.25, 0.3) is 28.3 Å². The van der Waals surface area contributed by atoms with Crippen LogP contribution in [0.4, 0.5) is 5.69 Å². The zero-order valence-electron chi connectivity index (χ0n) is 12.8. The highest BCUT2D eigenvalue weighted by atomic mass is 32.1. The highest BCUT2D eigenvalue weighted by Crippen LogP contribution is 2.26. The maximum Gasteiger partial charge on any atom is 0.187 e. The Morgan fingerprint density at radius 2 is 1.96 bits per heavy atom. The molecule has 0 N–H and O–H groups in total. The molecule has 0 spiro atoms.